The first-order valence-electron chi connectivity index (χ1n) is 7.08. The maximum Gasteiger partial charge on any atom is 0.139 e. The summed E-state index contributed by atoms with van der Waals surface area (Å²) < 4.78 is 16.8. The fourth-order valence-corrected chi connectivity index (χ4v) is 2.20. The van der Waals surface area contributed by atoms with E-state index < -0.39 is 0 Å². The Balaban J connectivity index is 1.54. The summed E-state index contributed by atoms with van der Waals surface area (Å²) >= 11 is 0. The average molecular weight is 285 g/mol. The Morgan fingerprint density at radius 2 is 1.71 bits per heavy atom. The van der Waals surface area contributed by atoms with Gasteiger partial charge in [-0.3, -0.25) is 0 Å². The molecule has 1 fully saturated rings. The second kappa shape index (κ2) is 6.61. The molecule has 2 N–H and O–H groups in total. The first-order chi connectivity index (χ1) is 10.3. The van der Waals surface area contributed by atoms with Crippen LogP contribution < -0.4 is 15.2 Å². The van der Waals surface area contributed by atoms with Crippen LogP contribution in [0.4, 0.5) is 0 Å². The molecule has 4 nitrogen and oxygen atoms in total. The van der Waals surface area contributed by atoms with Crippen molar-refractivity contribution in [1.29, 1.82) is 0 Å². The molecule has 2 atom stereocenters. The first-order valence-corrected chi connectivity index (χ1v) is 7.08. The van der Waals surface area contributed by atoms with Crippen molar-refractivity contribution in [1.82, 2.24) is 0 Å². The highest BCUT2D eigenvalue weighted by molar-refractivity contribution is 5.28. The Labute approximate surface area is 124 Å². The van der Waals surface area contributed by atoms with E-state index in [0.717, 1.165) is 17.1 Å². The zero-order valence-electron chi connectivity index (χ0n) is 11.8. The Hall–Kier alpha value is -2.04. The summed E-state index contributed by atoms with van der Waals surface area (Å²) in [6.07, 6.45) is -0.0589. The normalized spacial score (nSPS) is 21.2. The number of ether oxygens (including phenoxy) is 3. The predicted octanol–water partition coefficient (Wildman–Crippen LogP) is 2.37. The highest BCUT2D eigenvalue weighted by Crippen LogP contribution is 2.18. The van der Waals surface area contributed by atoms with Gasteiger partial charge in [-0.05, 0) is 29.8 Å². The Kier molecular flexibility index (Phi) is 4.38. The topological polar surface area (TPSA) is 53.7 Å². The zero-order chi connectivity index (χ0) is 14.5. The monoisotopic (exact) mass is 285 g/mol. The number of hydrogen-bond donors (Lipinski definition) is 1. The van der Waals surface area contributed by atoms with Crippen LogP contribution in [-0.2, 0) is 11.3 Å². The Bertz CT molecular complexity index is 556. The third kappa shape index (κ3) is 3.74. The van der Waals surface area contributed by atoms with E-state index in [1.807, 2.05) is 54.6 Å². The minimum Gasteiger partial charge on any atom is -0.489 e. The molecule has 0 bridgehead atoms. The SMILES string of the molecule is NC1COCC1Oc1ccc(COc2ccccc2)cc1. The van der Waals surface area contributed by atoms with Crippen molar-refractivity contribution in [2.24, 2.45) is 5.73 Å². The molecule has 2 unspecified atom stereocenters. The van der Waals surface area contributed by atoms with Crippen LogP contribution in [-0.4, -0.2) is 25.4 Å². The molecule has 3 rings (SSSR count). The molecule has 2 aromatic carbocycles. The van der Waals surface area contributed by atoms with E-state index in [2.05, 4.69) is 0 Å². The number of para-hydroxylation sites is 1. The lowest BCUT2D eigenvalue weighted by atomic mass is 10.2. The van der Waals surface area contributed by atoms with Gasteiger partial charge in [0, 0.05) is 0 Å². The number of benzene rings is 2. The molecule has 0 aromatic heterocycles. The Morgan fingerprint density at radius 3 is 2.38 bits per heavy atom. The highest BCUT2D eigenvalue weighted by Gasteiger charge is 2.26. The van der Waals surface area contributed by atoms with Crippen molar-refractivity contribution in [3.05, 3.63) is 60.2 Å². The smallest absolute Gasteiger partial charge is 0.139 e. The van der Waals surface area contributed by atoms with E-state index in [4.69, 9.17) is 19.9 Å². The number of rotatable bonds is 5. The van der Waals surface area contributed by atoms with E-state index in [0.29, 0.717) is 19.8 Å². The van der Waals surface area contributed by atoms with Crippen molar-refractivity contribution in [2.75, 3.05) is 13.2 Å². The molecule has 0 radical (unpaired) electrons. The number of hydrogen-bond acceptors (Lipinski definition) is 4. The van der Waals surface area contributed by atoms with Crippen molar-refractivity contribution in [3.63, 3.8) is 0 Å². The van der Waals surface area contributed by atoms with Crippen LogP contribution in [0, 0.1) is 0 Å². The maximum atomic E-state index is 5.90. The van der Waals surface area contributed by atoms with Gasteiger partial charge < -0.3 is 19.9 Å². The molecule has 110 valence electrons. The van der Waals surface area contributed by atoms with Crippen molar-refractivity contribution in [2.45, 2.75) is 18.8 Å². The quantitative estimate of drug-likeness (QED) is 0.916. The van der Waals surface area contributed by atoms with Crippen molar-refractivity contribution in [3.8, 4) is 11.5 Å². The summed E-state index contributed by atoms with van der Waals surface area (Å²) in [6, 6.07) is 17.6. The molecule has 1 aliphatic rings. The van der Waals surface area contributed by atoms with Crippen LogP contribution >= 0.6 is 0 Å². The van der Waals surface area contributed by atoms with Gasteiger partial charge in [0.05, 0.1) is 19.3 Å². The van der Waals surface area contributed by atoms with Gasteiger partial charge in [0.1, 0.15) is 24.2 Å². The van der Waals surface area contributed by atoms with Crippen LogP contribution in [0.3, 0.4) is 0 Å². The summed E-state index contributed by atoms with van der Waals surface area (Å²) in [6.45, 7) is 1.66. The van der Waals surface area contributed by atoms with Crippen molar-refractivity contribution >= 4 is 0 Å². The molecule has 1 saturated heterocycles. The van der Waals surface area contributed by atoms with E-state index in [1.54, 1.807) is 0 Å². The fraction of sp³-hybridized carbons (Fsp3) is 0.294. The summed E-state index contributed by atoms with van der Waals surface area (Å²) in [4.78, 5) is 0. The van der Waals surface area contributed by atoms with Gasteiger partial charge >= 0.3 is 0 Å². The van der Waals surface area contributed by atoms with Gasteiger partial charge in [0.25, 0.3) is 0 Å². The maximum absolute atomic E-state index is 5.90. The zero-order valence-corrected chi connectivity index (χ0v) is 11.8. The van der Waals surface area contributed by atoms with Gasteiger partial charge in [-0.1, -0.05) is 30.3 Å². The summed E-state index contributed by atoms with van der Waals surface area (Å²) in [5.74, 6) is 1.68. The molecular formula is C17H19NO3. The standard InChI is InChI=1S/C17H19NO3/c18-16-11-19-12-17(16)21-15-8-6-13(7-9-15)10-20-14-4-2-1-3-5-14/h1-9,16-17H,10-12,18H2. The molecule has 0 spiro atoms. The second-order valence-electron chi connectivity index (χ2n) is 5.10. The van der Waals surface area contributed by atoms with Gasteiger partial charge in [-0.2, -0.15) is 0 Å². The second-order valence-corrected chi connectivity index (χ2v) is 5.10. The summed E-state index contributed by atoms with van der Waals surface area (Å²) in [5, 5.41) is 0. The highest BCUT2D eigenvalue weighted by atomic mass is 16.5. The van der Waals surface area contributed by atoms with Gasteiger partial charge in [-0.15, -0.1) is 0 Å². The lowest BCUT2D eigenvalue weighted by Crippen LogP contribution is -2.37. The Morgan fingerprint density at radius 1 is 0.952 bits per heavy atom. The molecule has 1 aliphatic heterocycles. The lowest BCUT2D eigenvalue weighted by molar-refractivity contribution is 0.140. The minimum atomic E-state index is -0.0589. The predicted molar refractivity (Wildman–Crippen MR) is 80.4 cm³/mol. The lowest BCUT2D eigenvalue weighted by Gasteiger charge is -2.16. The fourth-order valence-electron chi connectivity index (χ4n) is 2.20. The van der Waals surface area contributed by atoms with Gasteiger partial charge in [0.15, 0.2) is 0 Å². The third-order valence-electron chi connectivity index (χ3n) is 3.43. The molecule has 2 aromatic rings. The van der Waals surface area contributed by atoms with E-state index >= 15 is 0 Å². The summed E-state index contributed by atoms with van der Waals surface area (Å²) in [5.41, 5.74) is 6.99. The average Bonchev–Trinajstić information content (AvgIpc) is 2.93. The first kappa shape index (κ1) is 13.9. The third-order valence-corrected chi connectivity index (χ3v) is 3.43. The molecule has 0 saturated carbocycles. The van der Waals surface area contributed by atoms with E-state index in [-0.39, 0.29) is 12.1 Å². The molecular weight excluding hydrogens is 266 g/mol. The largest absolute Gasteiger partial charge is 0.489 e. The molecule has 4 heteroatoms. The summed E-state index contributed by atoms with van der Waals surface area (Å²) in [7, 11) is 0. The van der Waals surface area contributed by atoms with Gasteiger partial charge in [-0.25, -0.2) is 0 Å². The molecule has 0 amide bonds. The molecule has 1 heterocycles. The van der Waals surface area contributed by atoms with Crippen LogP contribution in [0.25, 0.3) is 0 Å². The van der Waals surface area contributed by atoms with Crippen molar-refractivity contribution < 1.29 is 14.2 Å². The minimum absolute atomic E-state index is 0.0499. The van der Waals surface area contributed by atoms with E-state index in [1.165, 1.54) is 0 Å². The van der Waals surface area contributed by atoms with Crippen LogP contribution in [0.1, 0.15) is 5.56 Å². The molecule has 0 aliphatic carbocycles. The number of nitrogens with two attached hydrogens (primary N) is 1. The molecule has 21 heavy (non-hydrogen) atoms. The van der Waals surface area contributed by atoms with Crippen LogP contribution in [0.15, 0.2) is 54.6 Å². The van der Waals surface area contributed by atoms with Gasteiger partial charge in [0.2, 0.25) is 0 Å². The van der Waals surface area contributed by atoms with E-state index in [9.17, 15) is 0 Å². The van der Waals surface area contributed by atoms with Crippen LogP contribution in [0.5, 0.6) is 11.5 Å². The van der Waals surface area contributed by atoms with Crippen LogP contribution in [0.2, 0.25) is 0 Å².